The van der Waals surface area contributed by atoms with Crippen molar-refractivity contribution in [3.63, 3.8) is 0 Å². The number of carbonyl (C=O) groups excluding carboxylic acids is 2. The second-order valence-corrected chi connectivity index (χ2v) is 7.95. The first-order valence-electron chi connectivity index (χ1n) is 9.07. The Bertz CT molecular complexity index is 650. The topological polar surface area (TPSA) is 71.5 Å². The van der Waals surface area contributed by atoms with Gasteiger partial charge in [0.25, 0.3) is 5.91 Å². The van der Waals surface area contributed by atoms with Crippen LogP contribution in [-0.4, -0.2) is 46.6 Å². The van der Waals surface area contributed by atoms with E-state index >= 15 is 0 Å². The zero-order valence-electron chi connectivity index (χ0n) is 15.2. The summed E-state index contributed by atoms with van der Waals surface area (Å²) < 4.78 is 5.31. The van der Waals surface area contributed by atoms with Crippen LogP contribution in [0.2, 0.25) is 0 Å². The minimum atomic E-state index is -0.526. The molecule has 1 aromatic rings. The van der Waals surface area contributed by atoms with Gasteiger partial charge in [0.2, 0.25) is 0 Å². The van der Waals surface area contributed by atoms with Crippen molar-refractivity contribution in [2.45, 2.75) is 64.0 Å². The van der Waals surface area contributed by atoms with E-state index in [2.05, 4.69) is 10.3 Å². The number of nitrogens with one attached hydrogen (secondary N) is 1. The highest BCUT2D eigenvalue weighted by molar-refractivity contribution is 5.94. The van der Waals surface area contributed by atoms with Crippen LogP contribution in [-0.2, 0) is 4.74 Å². The summed E-state index contributed by atoms with van der Waals surface area (Å²) in [6.07, 6.45) is 5.23. The Morgan fingerprint density at radius 3 is 2.72 bits per heavy atom. The predicted octanol–water partition coefficient (Wildman–Crippen LogP) is 3.09. The average molecular weight is 345 g/mol. The summed E-state index contributed by atoms with van der Waals surface area (Å²) >= 11 is 0. The van der Waals surface area contributed by atoms with E-state index in [9.17, 15) is 9.59 Å². The molecule has 1 saturated carbocycles. The maximum absolute atomic E-state index is 12.9. The Balaban J connectivity index is 1.63. The van der Waals surface area contributed by atoms with Crippen molar-refractivity contribution in [2.24, 2.45) is 0 Å². The summed E-state index contributed by atoms with van der Waals surface area (Å²) in [6.45, 7) is 6.71. The van der Waals surface area contributed by atoms with E-state index in [4.69, 9.17) is 4.74 Å². The number of alkyl carbamates (subject to hydrolysis) is 1. The predicted molar refractivity (Wildman–Crippen MR) is 94.5 cm³/mol. The summed E-state index contributed by atoms with van der Waals surface area (Å²) in [5.74, 6) is 0.450. The van der Waals surface area contributed by atoms with Gasteiger partial charge in [0.1, 0.15) is 11.3 Å². The Kier molecular flexibility index (Phi) is 4.97. The molecule has 2 amide bonds. The van der Waals surface area contributed by atoms with Gasteiger partial charge in [0, 0.05) is 25.3 Å². The van der Waals surface area contributed by atoms with Gasteiger partial charge in [-0.15, -0.1) is 0 Å². The van der Waals surface area contributed by atoms with Crippen LogP contribution in [0.3, 0.4) is 0 Å². The molecule has 0 radical (unpaired) electrons. The van der Waals surface area contributed by atoms with Gasteiger partial charge in [-0.2, -0.15) is 0 Å². The summed E-state index contributed by atoms with van der Waals surface area (Å²) in [7, 11) is 0. The molecule has 2 fully saturated rings. The maximum atomic E-state index is 12.9. The van der Waals surface area contributed by atoms with Crippen molar-refractivity contribution in [3.8, 4) is 0 Å². The molecular weight excluding hydrogens is 318 g/mol. The van der Waals surface area contributed by atoms with Crippen molar-refractivity contribution < 1.29 is 14.3 Å². The van der Waals surface area contributed by atoms with Crippen LogP contribution >= 0.6 is 0 Å². The number of amides is 2. The second-order valence-electron chi connectivity index (χ2n) is 7.95. The molecule has 1 atom stereocenters. The minimum Gasteiger partial charge on any atom is -0.444 e. The Morgan fingerprint density at radius 1 is 1.28 bits per heavy atom. The Morgan fingerprint density at radius 2 is 2.04 bits per heavy atom. The number of aromatic nitrogens is 1. The van der Waals surface area contributed by atoms with E-state index in [0.717, 1.165) is 31.2 Å². The third-order valence-corrected chi connectivity index (χ3v) is 4.49. The fourth-order valence-corrected chi connectivity index (χ4v) is 3.22. The first-order chi connectivity index (χ1) is 11.8. The molecule has 0 aromatic carbocycles. The van der Waals surface area contributed by atoms with Gasteiger partial charge in [-0.1, -0.05) is 6.07 Å². The smallest absolute Gasteiger partial charge is 0.407 e. The lowest BCUT2D eigenvalue weighted by atomic mass is 10.0. The lowest BCUT2D eigenvalue weighted by Gasteiger charge is -2.33. The van der Waals surface area contributed by atoms with Crippen LogP contribution in [0.5, 0.6) is 0 Å². The number of hydrogen-bond donors (Lipinski definition) is 1. The van der Waals surface area contributed by atoms with Gasteiger partial charge in [-0.05, 0) is 64.0 Å². The number of hydrogen-bond acceptors (Lipinski definition) is 4. The summed E-state index contributed by atoms with van der Waals surface area (Å²) in [6, 6.07) is 3.83. The van der Waals surface area contributed by atoms with Gasteiger partial charge >= 0.3 is 6.09 Å². The maximum Gasteiger partial charge on any atom is 0.407 e. The Labute approximate surface area is 148 Å². The zero-order chi connectivity index (χ0) is 18.0. The standard InChI is InChI=1S/C19H27N3O3/c1-19(2,3)25-18(24)21-14-6-5-11-22(12-14)17(23)16-15(13-8-9-13)7-4-10-20-16/h4,7,10,13-14H,5-6,8-9,11-12H2,1-3H3,(H,21,24)/t14-/m1/s1. The third-order valence-electron chi connectivity index (χ3n) is 4.49. The second kappa shape index (κ2) is 7.02. The van der Waals surface area contributed by atoms with Crippen LogP contribution in [0.1, 0.15) is 68.4 Å². The number of rotatable bonds is 3. The lowest BCUT2D eigenvalue weighted by molar-refractivity contribution is 0.0451. The van der Waals surface area contributed by atoms with Crippen LogP contribution in [0, 0.1) is 0 Å². The first kappa shape index (κ1) is 17.7. The molecule has 1 saturated heterocycles. The van der Waals surface area contributed by atoms with Crippen LogP contribution in [0.4, 0.5) is 4.79 Å². The van der Waals surface area contributed by atoms with Crippen molar-refractivity contribution in [1.82, 2.24) is 15.2 Å². The van der Waals surface area contributed by atoms with Crippen LogP contribution < -0.4 is 5.32 Å². The van der Waals surface area contributed by atoms with Crippen molar-refractivity contribution in [1.29, 1.82) is 0 Å². The SMILES string of the molecule is CC(C)(C)OC(=O)N[C@@H]1CCCN(C(=O)c2ncccc2C2CC2)C1. The Hall–Kier alpha value is -2.11. The number of piperidine rings is 1. The van der Waals surface area contributed by atoms with Gasteiger partial charge in [-0.3, -0.25) is 9.78 Å². The molecule has 2 aliphatic rings. The molecule has 1 N–H and O–H groups in total. The van der Waals surface area contributed by atoms with Gasteiger partial charge in [0.05, 0.1) is 0 Å². The molecule has 25 heavy (non-hydrogen) atoms. The summed E-state index contributed by atoms with van der Waals surface area (Å²) in [5.41, 5.74) is 1.11. The molecule has 0 bridgehead atoms. The first-order valence-corrected chi connectivity index (χ1v) is 9.07. The lowest BCUT2D eigenvalue weighted by Crippen LogP contribution is -2.50. The van der Waals surface area contributed by atoms with Crippen molar-refractivity contribution in [2.75, 3.05) is 13.1 Å². The van der Waals surface area contributed by atoms with E-state index in [1.807, 2.05) is 32.9 Å². The van der Waals surface area contributed by atoms with Crippen molar-refractivity contribution in [3.05, 3.63) is 29.6 Å². The molecule has 3 rings (SSSR count). The van der Waals surface area contributed by atoms with E-state index in [1.54, 1.807) is 11.1 Å². The van der Waals surface area contributed by atoms with Gasteiger partial charge in [0.15, 0.2) is 0 Å². The molecule has 2 heterocycles. The highest BCUT2D eigenvalue weighted by Gasteiger charge is 2.32. The number of ether oxygens (including phenoxy) is 1. The van der Waals surface area contributed by atoms with E-state index in [0.29, 0.717) is 24.7 Å². The van der Waals surface area contributed by atoms with E-state index in [-0.39, 0.29) is 11.9 Å². The fourth-order valence-electron chi connectivity index (χ4n) is 3.22. The van der Waals surface area contributed by atoms with Crippen LogP contribution in [0.15, 0.2) is 18.3 Å². The molecule has 1 aliphatic carbocycles. The molecule has 6 nitrogen and oxygen atoms in total. The highest BCUT2D eigenvalue weighted by Crippen LogP contribution is 2.41. The normalized spacial score (nSPS) is 20.9. The largest absolute Gasteiger partial charge is 0.444 e. The molecule has 0 spiro atoms. The molecule has 6 heteroatoms. The number of pyridine rings is 1. The fraction of sp³-hybridized carbons (Fsp3) is 0.632. The molecule has 1 aliphatic heterocycles. The van der Waals surface area contributed by atoms with Crippen molar-refractivity contribution >= 4 is 12.0 Å². The average Bonchev–Trinajstić information content (AvgIpc) is 3.37. The minimum absolute atomic E-state index is 0.0295. The monoisotopic (exact) mass is 345 g/mol. The number of nitrogens with zero attached hydrogens (tertiary/aromatic N) is 2. The molecule has 0 unspecified atom stereocenters. The molecule has 1 aromatic heterocycles. The van der Waals surface area contributed by atoms with E-state index in [1.165, 1.54) is 0 Å². The van der Waals surface area contributed by atoms with Crippen LogP contribution in [0.25, 0.3) is 0 Å². The zero-order valence-corrected chi connectivity index (χ0v) is 15.2. The third kappa shape index (κ3) is 4.71. The molecule has 136 valence electrons. The van der Waals surface area contributed by atoms with Gasteiger partial charge < -0.3 is 15.0 Å². The van der Waals surface area contributed by atoms with Gasteiger partial charge in [-0.25, -0.2) is 4.79 Å². The number of likely N-dealkylation sites (tertiary alicyclic amines) is 1. The van der Waals surface area contributed by atoms with E-state index < -0.39 is 11.7 Å². The molecular formula is C19H27N3O3. The highest BCUT2D eigenvalue weighted by atomic mass is 16.6. The quantitative estimate of drug-likeness (QED) is 0.914. The summed E-state index contributed by atoms with van der Waals surface area (Å²) in [4.78, 5) is 31.1. The summed E-state index contributed by atoms with van der Waals surface area (Å²) in [5, 5.41) is 2.89. The number of carbonyl (C=O) groups is 2.